The van der Waals surface area contributed by atoms with E-state index in [9.17, 15) is 4.79 Å². The SMILES string of the molecule is Cc1cc(C)c(C)c(OCC(=O)Nc2nc3ccc(C)cc3s2)c1. The second kappa shape index (κ2) is 6.61. The number of ether oxygens (including phenoxy) is 1. The molecule has 0 aliphatic heterocycles. The van der Waals surface area contributed by atoms with Crippen molar-refractivity contribution in [2.75, 3.05) is 11.9 Å². The maximum absolute atomic E-state index is 12.1. The highest BCUT2D eigenvalue weighted by atomic mass is 32.1. The molecule has 124 valence electrons. The van der Waals surface area contributed by atoms with Crippen molar-refractivity contribution in [3.8, 4) is 5.75 Å². The molecule has 24 heavy (non-hydrogen) atoms. The van der Waals surface area contributed by atoms with Crippen LogP contribution in [0.4, 0.5) is 5.13 Å². The molecule has 0 unspecified atom stereocenters. The minimum Gasteiger partial charge on any atom is -0.483 e. The van der Waals surface area contributed by atoms with Gasteiger partial charge < -0.3 is 4.74 Å². The van der Waals surface area contributed by atoms with Gasteiger partial charge in [-0.15, -0.1) is 0 Å². The van der Waals surface area contributed by atoms with Crippen molar-refractivity contribution in [3.63, 3.8) is 0 Å². The van der Waals surface area contributed by atoms with Gasteiger partial charge in [-0.25, -0.2) is 4.98 Å². The average Bonchev–Trinajstić information content (AvgIpc) is 2.90. The molecular formula is C19H20N2O2S. The molecule has 0 saturated heterocycles. The fourth-order valence-electron chi connectivity index (χ4n) is 2.53. The number of carbonyl (C=O) groups is 1. The number of hydrogen-bond acceptors (Lipinski definition) is 4. The highest BCUT2D eigenvalue weighted by Gasteiger charge is 2.10. The summed E-state index contributed by atoms with van der Waals surface area (Å²) in [6, 6.07) is 10.1. The second-order valence-electron chi connectivity index (χ2n) is 6.03. The van der Waals surface area contributed by atoms with E-state index in [1.165, 1.54) is 16.9 Å². The monoisotopic (exact) mass is 340 g/mol. The van der Waals surface area contributed by atoms with Gasteiger partial charge in [-0.2, -0.15) is 0 Å². The first-order chi connectivity index (χ1) is 11.4. The maximum Gasteiger partial charge on any atom is 0.264 e. The van der Waals surface area contributed by atoms with Gasteiger partial charge in [0.25, 0.3) is 5.91 Å². The highest BCUT2D eigenvalue weighted by molar-refractivity contribution is 7.22. The van der Waals surface area contributed by atoms with Gasteiger partial charge in [0.2, 0.25) is 0 Å². The summed E-state index contributed by atoms with van der Waals surface area (Å²) in [6.07, 6.45) is 0. The number of fused-ring (bicyclic) bond motifs is 1. The van der Waals surface area contributed by atoms with Crippen molar-refractivity contribution < 1.29 is 9.53 Å². The molecule has 0 aliphatic rings. The zero-order valence-electron chi connectivity index (χ0n) is 14.3. The molecule has 5 heteroatoms. The number of hydrogen-bond donors (Lipinski definition) is 1. The van der Waals surface area contributed by atoms with Crippen molar-refractivity contribution in [2.45, 2.75) is 27.7 Å². The van der Waals surface area contributed by atoms with E-state index in [2.05, 4.69) is 22.4 Å². The van der Waals surface area contributed by atoms with Crippen LogP contribution < -0.4 is 10.1 Å². The topological polar surface area (TPSA) is 51.2 Å². The number of aromatic nitrogens is 1. The van der Waals surface area contributed by atoms with Crippen LogP contribution in [0.1, 0.15) is 22.3 Å². The van der Waals surface area contributed by atoms with Crippen LogP contribution in [-0.2, 0) is 4.79 Å². The minimum absolute atomic E-state index is 0.0291. The summed E-state index contributed by atoms with van der Waals surface area (Å²) in [5.74, 6) is 0.548. The molecule has 1 aromatic heterocycles. The lowest BCUT2D eigenvalue weighted by molar-refractivity contribution is -0.118. The van der Waals surface area contributed by atoms with Crippen molar-refractivity contribution in [2.24, 2.45) is 0 Å². The second-order valence-corrected chi connectivity index (χ2v) is 7.06. The molecule has 1 heterocycles. The maximum atomic E-state index is 12.1. The molecule has 4 nitrogen and oxygen atoms in total. The number of anilines is 1. The zero-order valence-corrected chi connectivity index (χ0v) is 15.1. The molecule has 0 atom stereocenters. The highest BCUT2D eigenvalue weighted by Crippen LogP contribution is 2.27. The van der Waals surface area contributed by atoms with E-state index in [0.717, 1.165) is 32.7 Å². The third kappa shape index (κ3) is 3.57. The van der Waals surface area contributed by atoms with Crippen molar-refractivity contribution in [3.05, 3.63) is 52.6 Å². The lowest BCUT2D eigenvalue weighted by atomic mass is 10.1. The average molecular weight is 340 g/mol. The van der Waals surface area contributed by atoms with Crippen LogP contribution >= 0.6 is 11.3 Å². The van der Waals surface area contributed by atoms with Gasteiger partial charge in [-0.05, 0) is 68.1 Å². The predicted molar refractivity (Wildman–Crippen MR) is 99.1 cm³/mol. The summed E-state index contributed by atoms with van der Waals surface area (Å²) in [5.41, 5.74) is 5.41. The Morgan fingerprint density at radius 2 is 1.92 bits per heavy atom. The number of benzene rings is 2. The van der Waals surface area contributed by atoms with E-state index in [1.54, 1.807) is 0 Å². The molecule has 1 amide bonds. The first-order valence-corrected chi connectivity index (χ1v) is 8.62. The lowest BCUT2D eigenvalue weighted by Gasteiger charge is -2.11. The van der Waals surface area contributed by atoms with Crippen LogP contribution in [0.15, 0.2) is 30.3 Å². The zero-order chi connectivity index (χ0) is 17.3. The van der Waals surface area contributed by atoms with Crippen LogP contribution in [0.25, 0.3) is 10.2 Å². The summed E-state index contributed by atoms with van der Waals surface area (Å²) in [7, 11) is 0. The summed E-state index contributed by atoms with van der Waals surface area (Å²) >= 11 is 1.47. The van der Waals surface area contributed by atoms with Gasteiger partial charge in [0.05, 0.1) is 10.2 Å². The van der Waals surface area contributed by atoms with Gasteiger partial charge in [-0.1, -0.05) is 23.5 Å². The number of nitrogens with one attached hydrogen (secondary N) is 1. The number of nitrogens with zero attached hydrogens (tertiary/aromatic N) is 1. The number of aryl methyl sites for hydroxylation is 3. The number of rotatable bonds is 4. The summed E-state index contributed by atoms with van der Waals surface area (Å²) in [6.45, 7) is 8.06. The molecule has 0 spiro atoms. The molecule has 3 rings (SSSR count). The fraction of sp³-hybridized carbons (Fsp3) is 0.263. The summed E-state index contributed by atoms with van der Waals surface area (Å²) < 4.78 is 6.76. The quantitative estimate of drug-likeness (QED) is 0.758. The third-order valence-electron chi connectivity index (χ3n) is 3.91. The Morgan fingerprint density at radius 3 is 2.71 bits per heavy atom. The van der Waals surface area contributed by atoms with Gasteiger partial charge in [0.15, 0.2) is 11.7 Å². The Labute approximate surface area is 145 Å². The molecule has 0 aliphatic carbocycles. The van der Waals surface area contributed by atoms with Gasteiger partial charge >= 0.3 is 0 Å². The molecule has 3 aromatic rings. The smallest absolute Gasteiger partial charge is 0.264 e. The molecule has 0 radical (unpaired) electrons. The third-order valence-corrected chi connectivity index (χ3v) is 4.85. The minimum atomic E-state index is -0.204. The van der Waals surface area contributed by atoms with Crippen molar-refractivity contribution in [1.29, 1.82) is 0 Å². The van der Waals surface area contributed by atoms with Crippen LogP contribution in [0.3, 0.4) is 0 Å². The van der Waals surface area contributed by atoms with E-state index in [0.29, 0.717) is 5.13 Å². The van der Waals surface area contributed by atoms with E-state index < -0.39 is 0 Å². The van der Waals surface area contributed by atoms with Crippen LogP contribution in [-0.4, -0.2) is 17.5 Å². The Morgan fingerprint density at radius 1 is 1.12 bits per heavy atom. The van der Waals surface area contributed by atoms with E-state index >= 15 is 0 Å². The van der Waals surface area contributed by atoms with E-state index in [1.807, 2.05) is 45.9 Å². The number of thiazole rings is 1. The Balaban J connectivity index is 1.67. The van der Waals surface area contributed by atoms with E-state index in [-0.39, 0.29) is 12.5 Å². The van der Waals surface area contributed by atoms with Crippen LogP contribution in [0.2, 0.25) is 0 Å². The van der Waals surface area contributed by atoms with Crippen molar-refractivity contribution in [1.82, 2.24) is 4.98 Å². The Kier molecular flexibility index (Phi) is 4.53. The fourth-order valence-corrected chi connectivity index (χ4v) is 3.51. The Bertz CT molecular complexity index is 915. The van der Waals surface area contributed by atoms with Crippen LogP contribution in [0.5, 0.6) is 5.75 Å². The van der Waals surface area contributed by atoms with Crippen LogP contribution in [0, 0.1) is 27.7 Å². The molecule has 2 aromatic carbocycles. The van der Waals surface area contributed by atoms with Gasteiger partial charge in [-0.3, -0.25) is 10.1 Å². The summed E-state index contributed by atoms with van der Waals surface area (Å²) in [4.78, 5) is 16.6. The predicted octanol–water partition coefficient (Wildman–Crippen LogP) is 4.55. The number of carbonyl (C=O) groups excluding carboxylic acids is 1. The number of amides is 1. The van der Waals surface area contributed by atoms with Gasteiger partial charge in [0, 0.05) is 0 Å². The summed E-state index contributed by atoms with van der Waals surface area (Å²) in [5, 5.41) is 3.41. The normalized spacial score (nSPS) is 10.8. The standard InChI is InChI=1S/C19H20N2O2S/c1-11-5-6-15-17(9-11)24-19(20-15)21-18(22)10-23-16-8-12(2)7-13(3)14(16)4/h5-9H,10H2,1-4H3,(H,20,21,22). The van der Waals surface area contributed by atoms with Crippen molar-refractivity contribution >= 4 is 32.6 Å². The lowest BCUT2D eigenvalue weighted by Crippen LogP contribution is -2.20. The Hall–Kier alpha value is -2.40. The molecular weight excluding hydrogens is 320 g/mol. The van der Waals surface area contributed by atoms with Gasteiger partial charge in [0.1, 0.15) is 5.75 Å². The molecule has 0 fully saturated rings. The first-order valence-electron chi connectivity index (χ1n) is 7.80. The first kappa shape index (κ1) is 16.5. The molecule has 0 saturated carbocycles. The molecule has 0 bridgehead atoms. The largest absolute Gasteiger partial charge is 0.483 e. The molecule has 1 N–H and O–H groups in total. The van der Waals surface area contributed by atoms with E-state index in [4.69, 9.17) is 4.74 Å².